The van der Waals surface area contributed by atoms with Gasteiger partial charge in [-0.1, -0.05) is 64.5 Å². The van der Waals surface area contributed by atoms with Crippen LogP contribution in [0.4, 0.5) is 0 Å². The van der Waals surface area contributed by atoms with Gasteiger partial charge in [0.25, 0.3) is 0 Å². The van der Waals surface area contributed by atoms with E-state index in [0.29, 0.717) is 28.9 Å². The molecular formula is C32H32BrN5O5S. The Morgan fingerprint density at radius 3 is 1.70 bits per heavy atom. The average molecular weight is 679 g/mol. The Balaban J connectivity index is 1.53. The monoisotopic (exact) mass is 677 g/mol. The molecule has 10 nitrogen and oxygen atoms in total. The first kappa shape index (κ1) is 31.2. The van der Waals surface area contributed by atoms with E-state index in [1.54, 1.807) is 33.5 Å². The minimum atomic E-state index is -4.08. The minimum absolute atomic E-state index is 0.0977. The second kappa shape index (κ2) is 14.0. The molecule has 0 spiro atoms. The van der Waals surface area contributed by atoms with Crippen molar-refractivity contribution in [3.63, 3.8) is 0 Å². The SMILES string of the molecule is COc1ccc(CN(Cc2ccc(OC)cc2)S(=O)(=O)c2cccc(CBr)c2-c2nnn(Cc3ccc(OC)cc3)n2)cc1. The minimum Gasteiger partial charge on any atom is -0.497 e. The lowest BCUT2D eigenvalue weighted by atomic mass is 10.1. The summed E-state index contributed by atoms with van der Waals surface area (Å²) in [5.41, 5.74) is 3.69. The highest BCUT2D eigenvalue weighted by atomic mass is 79.9. The molecule has 0 radical (unpaired) electrons. The third-order valence-corrected chi connectivity index (χ3v) is 9.51. The molecule has 5 aromatic rings. The number of ether oxygens (including phenoxy) is 3. The van der Waals surface area contributed by atoms with Crippen LogP contribution >= 0.6 is 15.9 Å². The number of methoxy groups -OCH3 is 3. The van der Waals surface area contributed by atoms with Gasteiger partial charge >= 0.3 is 0 Å². The predicted molar refractivity (Wildman–Crippen MR) is 170 cm³/mol. The van der Waals surface area contributed by atoms with Gasteiger partial charge in [-0.3, -0.25) is 0 Å². The largest absolute Gasteiger partial charge is 0.497 e. The van der Waals surface area contributed by atoms with Crippen molar-refractivity contribution < 1.29 is 22.6 Å². The quantitative estimate of drug-likeness (QED) is 0.146. The van der Waals surface area contributed by atoms with E-state index in [1.165, 1.54) is 9.10 Å². The van der Waals surface area contributed by atoms with Crippen molar-refractivity contribution in [2.75, 3.05) is 21.3 Å². The van der Waals surface area contributed by atoms with Crippen LogP contribution in [0, 0.1) is 0 Å². The molecule has 0 aliphatic rings. The number of tetrazole rings is 1. The molecule has 0 saturated heterocycles. The van der Waals surface area contributed by atoms with Gasteiger partial charge in [-0.05, 0) is 69.9 Å². The van der Waals surface area contributed by atoms with Crippen molar-refractivity contribution in [2.45, 2.75) is 29.9 Å². The number of nitrogens with zero attached hydrogens (tertiary/aromatic N) is 5. The number of alkyl halides is 1. The van der Waals surface area contributed by atoms with Crippen LogP contribution in [0.1, 0.15) is 22.3 Å². The second-order valence-corrected chi connectivity index (χ2v) is 12.4. The fourth-order valence-electron chi connectivity index (χ4n) is 4.70. The molecule has 0 unspecified atom stereocenters. The highest BCUT2D eigenvalue weighted by molar-refractivity contribution is 9.08. The maximum Gasteiger partial charge on any atom is 0.244 e. The van der Waals surface area contributed by atoms with Crippen molar-refractivity contribution in [3.05, 3.63) is 113 Å². The van der Waals surface area contributed by atoms with Crippen LogP contribution in [-0.4, -0.2) is 54.3 Å². The average Bonchev–Trinajstić information content (AvgIpc) is 3.53. The topological polar surface area (TPSA) is 109 Å². The fourth-order valence-corrected chi connectivity index (χ4v) is 6.81. The van der Waals surface area contributed by atoms with Crippen molar-refractivity contribution in [1.29, 1.82) is 0 Å². The van der Waals surface area contributed by atoms with Gasteiger partial charge in [-0.25, -0.2) is 8.42 Å². The highest BCUT2D eigenvalue weighted by Gasteiger charge is 2.31. The highest BCUT2D eigenvalue weighted by Crippen LogP contribution is 2.33. The van der Waals surface area contributed by atoms with E-state index >= 15 is 0 Å². The first-order valence-corrected chi connectivity index (χ1v) is 16.3. The van der Waals surface area contributed by atoms with E-state index in [4.69, 9.17) is 14.2 Å². The molecule has 5 rings (SSSR count). The van der Waals surface area contributed by atoms with E-state index in [9.17, 15) is 8.42 Å². The van der Waals surface area contributed by atoms with Gasteiger partial charge in [0.15, 0.2) is 0 Å². The van der Waals surface area contributed by atoms with Crippen molar-refractivity contribution >= 4 is 26.0 Å². The molecule has 0 saturated carbocycles. The van der Waals surface area contributed by atoms with Crippen LogP contribution < -0.4 is 14.2 Å². The maximum absolute atomic E-state index is 14.6. The summed E-state index contributed by atoms with van der Waals surface area (Å²) in [6, 6.07) is 27.4. The van der Waals surface area contributed by atoms with Gasteiger partial charge in [-0.2, -0.15) is 9.10 Å². The Bertz CT molecular complexity index is 1750. The lowest BCUT2D eigenvalue weighted by molar-refractivity contribution is 0.397. The van der Waals surface area contributed by atoms with Crippen LogP contribution in [0.25, 0.3) is 11.4 Å². The van der Waals surface area contributed by atoms with Crippen molar-refractivity contribution in [3.8, 4) is 28.6 Å². The first-order chi connectivity index (χ1) is 21.3. The lowest BCUT2D eigenvalue weighted by Gasteiger charge is -2.24. The lowest BCUT2D eigenvalue weighted by Crippen LogP contribution is -2.31. The smallest absolute Gasteiger partial charge is 0.244 e. The number of hydrogen-bond acceptors (Lipinski definition) is 8. The molecule has 44 heavy (non-hydrogen) atoms. The van der Waals surface area contributed by atoms with Crippen molar-refractivity contribution in [1.82, 2.24) is 24.5 Å². The Morgan fingerprint density at radius 2 is 1.23 bits per heavy atom. The molecule has 4 aromatic carbocycles. The van der Waals surface area contributed by atoms with Crippen LogP contribution in [0.3, 0.4) is 0 Å². The molecule has 0 N–H and O–H groups in total. The summed E-state index contributed by atoms with van der Waals surface area (Å²) in [6.07, 6.45) is 0. The number of rotatable bonds is 13. The van der Waals surface area contributed by atoms with Gasteiger partial charge in [0, 0.05) is 24.0 Å². The molecular weight excluding hydrogens is 646 g/mol. The van der Waals surface area contributed by atoms with E-state index in [2.05, 4.69) is 31.3 Å². The zero-order valence-electron chi connectivity index (χ0n) is 24.6. The molecule has 0 amide bonds. The normalized spacial score (nSPS) is 11.5. The number of hydrogen-bond donors (Lipinski definition) is 0. The Labute approximate surface area is 265 Å². The van der Waals surface area contributed by atoms with E-state index in [1.807, 2.05) is 78.9 Å². The van der Waals surface area contributed by atoms with E-state index in [0.717, 1.165) is 28.0 Å². The first-order valence-electron chi connectivity index (χ1n) is 13.7. The molecule has 0 fully saturated rings. The summed E-state index contributed by atoms with van der Waals surface area (Å²) in [7, 11) is 0.720. The van der Waals surface area contributed by atoms with E-state index < -0.39 is 10.0 Å². The van der Waals surface area contributed by atoms with Gasteiger partial charge in [0.1, 0.15) is 17.2 Å². The summed E-state index contributed by atoms with van der Waals surface area (Å²) in [4.78, 5) is 1.55. The van der Waals surface area contributed by atoms with Crippen LogP contribution in [0.5, 0.6) is 17.2 Å². The zero-order chi connectivity index (χ0) is 31.1. The predicted octanol–water partition coefficient (Wildman–Crippen LogP) is 5.70. The Hall–Kier alpha value is -4.26. The molecule has 0 aliphatic carbocycles. The number of aromatic nitrogens is 4. The van der Waals surface area contributed by atoms with Crippen LogP contribution in [0.15, 0.2) is 95.9 Å². The van der Waals surface area contributed by atoms with E-state index in [-0.39, 0.29) is 23.8 Å². The number of sulfonamides is 1. The number of halogens is 1. The molecule has 228 valence electrons. The van der Waals surface area contributed by atoms with Crippen LogP contribution in [0.2, 0.25) is 0 Å². The Kier molecular flexibility index (Phi) is 9.93. The summed E-state index contributed by atoms with van der Waals surface area (Å²) in [6.45, 7) is 0.623. The standard InChI is InChI=1S/C32H32BrN5O5S/c1-41-27-13-7-23(8-14-27)20-37(21-24-9-15-28(42-2)16-10-24)44(39,40)30-6-4-5-26(19-33)31(30)32-34-36-38(35-32)22-25-11-17-29(43-3)18-12-25/h4-18H,19-22H2,1-3H3. The zero-order valence-corrected chi connectivity index (χ0v) is 27.0. The molecule has 12 heteroatoms. The van der Waals surface area contributed by atoms with Crippen LogP contribution in [-0.2, 0) is 35.0 Å². The fraction of sp³-hybridized carbons (Fsp3) is 0.219. The van der Waals surface area contributed by atoms with Gasteiger partial charge in [0.2, 0.25) is 15.8 Å². The summed E-state index contributed by atoms with van der Waals surface area (Å²) in [5, 5.41) is 13.5. The summed E-state index contributed by atoms with van der Waals surface area (Å²) in [5.74, 6) is 2.35. The van der Waals surface area contributed by atoms with Gasteiger partial charge in [0.05, 0.1) is 32.8 Å². The van der Waals surface area contributed by atoms with Crippen molar-refractivity contribution in [2.24, 2.45) is 0 Å². The second-order valence-electron chi connectivity index (χ2n) is 9.88. The maximum atomic E-state index is 14.6. The molecule has 1 aromatic heterocycles. The summed E-state index contributed by atoms with van der Waals surface area (Å²) < 4.78 is 46.4. The molecule has 0 atom stereocenters. The Morgan fingerprint density at radius 1 is 0.727 bits per heavy atom. The van der Waals surface area contributed by atoms with Gasteiger partial charge in [-0.15, -0.1) is 10.2 Å². The van der Waals surface area contributed by atoms with Gasteiger partial charge < -0.3 is 14.2 Å². The third kappa shape index (κ3) is 7.09. The molecule has 1 heterocycles. The molecule has 0 aliphatic heterocycles. The molecule has 0 bridgehead atoms. The summed E-state index contributed by atoms with van der Waals surface area (Å²) >= 11 is 3.53. The number of benzene rings is 4. The third-order valence-electron chi connectivity index (χ3n) is 7.07.